The zero-order valence-electron chi connectivity index (χ0n) is 37.4. The highest BCUT2D eigenvalue weighted by Gasteiger charge is 2.47. The van der Waals surface area contributed by atoms with Gasteiger partial charge in [-0.1, -0.05) is 150 Å². The molecule has 1 aromatic heterocycles. The van der Waals surface area contributed by atoms with Crippen LogP contribution in [0.3, 0.4) is 0 Å². The van der Waals surface area contributed by atoms with Gasteiger partial charge in [-0.2, -0.15) is 0 Å². The molecule has 298 valence electrons. The first-order valence-corrected chi connectivity index (χ1v) is 21.5. The Morgan fingerprint density at radius 2 is 0.983 bits per heavy atom. The molecule has 0 spiro atoms. The fourth-order valence-electron chi connectivity index (χ4n) is 9.26. The molecule has 0 aliphatic carbocycles. The van der Waals surface area contributed by atoms with Crippen LogP contribution in [0.25, 0.3) is 22.1 Å². The summed E-state index contributed by atoms with van der Waals surface area (Å²) in [5.74, 6) is 0.906. The van der Waals surface area contributed by atoms with E-state index in [1.807, 2.05) is 0 Å². The number of anilines is 6. The Labute approximate surface area is 353 Å². The van der Waals surface area contributed by atoms with E-state index in [-0.39, 0.29) is 28.4 Å². The number of aryl methyl sites for hydroxylation is 1. The molecule has 0 N–H and O–H groups in total. The molecule has 59 heavy (non-hydrogen) atoms. The highest BCUT2D eigenvalue weighted by molar-refractivity contribution is 7.01. The largest absolute Gasteiger partial charge is 0.440 e. The monoisotopic (exact) mass is 774 g/mol. The number of fused-ring (bicyclic) bond motifs is 6. The Hall–Kier alpha value is -5.48. The summed E-state index contributed by atoms with van der Waals surface area (Å²) in [7, 11) is 0. The smallest absolute Gasteiger partial charge is 0.257 e. The van der Waals surface area contributed by atoms with Gasteiger partial charge in [0.15, 0.2) is 0 Å². The van der Waals surface area contributed by atoms with Crippen molar-refractivity contribution in [2.75, 3.05) is 9.80 Å². The normalized spacial score (nSPS) is 14.1. The van der Waals surface area contributed by atoms with Gasteiger partial charge in [0, 0.05) is 39.2 Å². The van der Waals surface area contributed by atoms with E-state index in [2.05, 4.69) is 221 Å². The molecule has 6 aromatic carbocycles. The Bertz CT molecular complexity index is 2760. The zero-order valence-corrected chi connectivity index (χ0v) is 37.4. The van der Waals surface area contributed by atoms with Gasteiger partial charge in [0.25, 0.3) is 6.71 Å². The van der Waals surface area contributed by atoms with E-state index in [9.17, 15) is 0 Å². The van der Waals surface area contributed by atoms with Crippen LogP contribution in [0.1, 0.15) is 111 Å². The predicted octanol–water partition coefficient (Wildman–Crippen LogP) is 13.7. The Morgan fingerprint density at radius 1 is 0.458 bits per heavy atom. The lowest BCUT2D eigenvalue weighted by Gasteiger charge is -2.43. The lowest BCUT2D eigenvalue weighted by molar-refractivity contribution is 0.589. The van der Waals surface area contributed by atoms with Crippen LogP contribution < -0.4 is 26.2 Å². The van der Waals surface area contributed by atoms with Crippen LogP contribution in [0, 0.1) is 6.92 Å². The number of nitrogens with zero attached hydrogens (tertiary/aromatic N) is 2. The van der Waals surface area contributed by atoms with Crippen molar-refractivity contribution in [3.05, 3.63) is 149 Å². The maximum atomic E-state index is 7.17. The number of hydrogen-bond acceptors (Lipinski definition) is 3. The van der Waals surface area contributed by atoms with Gasteiger partial charge in [0.2, 0.25) is 5.88 Å². The molecule has 0 atom stereocenters. The van der Waals surface area contributed by atoms with Gasteiger partial charge < -0.3 is 9.32 Å². The maximum Gasteiger partial charge on any atom is 0.257 e. The average molecular weight is 775 g/mol. The third kappa shape index (κ3) is 6.51. The van der Waals surface area contributed by atoms with Crippen LogP contribution in [0.15, 0.2) is 126 Å². The van der Waals surface area contributed by atoms with E-state index in [4.69, 9.17) is 4.42 Å². The van der Waals surface area contributed by atoms with E-state index >= 15 is 0 Å². The Morgan fingerprint density at radius 3 is 1.59 bits per heavy atom. The summed E-state index contributed by atoms with van der Waals surface area (Å²) in [4.78, 5) is 4.99. The van der Waals surface area contributed by atoms with Crippen molar-refractivity contribution in [2.24, 2.45) is 0 Å². The van der Waals surface area contributed by atoms with Crippen LogP contribution in [0.2, 0.25) is 0 Å². The summed E-state index contributed by atoms with van der Waals surface area (Å²) < 4.78 is 7.17. The van der Waals surface area contributed by atoms with Crippen LogP contribution in [0.4, 0.5) is 34.3 Å². The minimum atomic E-state index is -0.0558. The molecule has 0 fully saturated rings. The first-order valence-electron chi connectivity index (χ1n) is 21.5. The van der Waals surface area contributed by atoms with Gasteiger partial charge >= 0.3 is 0 Å². The van der Waals surface area contributed by atoms with Gasteiger partial charge in [-0.3, -0.25) is 4.90 Å². The standard InChI is InChI=1S/C55H59BN2O/c1-34-29-46-50-47(30-34)58(44-26-21-37(53(5,6)7)31-41(44)35-17-15-14-16-18-35)45-27-22-39(55(11,12)13)33-43(45)56(50)49-42-32-38(54(8,9)10)23-28-48(42)59-51(49)57(46)40-24-19-36(20-25-40)52(2,3)4/h14-33H,1-13H3. The molecular weight excluding hydrogens is 715 g/mol. The molecule has 9 rings (SSSR count). The molecule has 3 nitrogen and oxygen atoms in total. The van der Waals surface area contributed by atoms with E-state index < -0.39 is 0 Å². The quantitative estimate of drug-likeness (QED) is 0.167. The summed E-state index contributed by atoms with van der Waals surface area (Å²) >= 11 is 0. The minimum absolute atomic E-state index is 0.00917. The SMILES string of the molecule is Cc1cc2c3c(c1)N(c1ccc(C(C)(C)C)cc1)c1oc4ccc(C(C)(C)C)cc4c1B3c1cc(C(C)(C)C)ccc1N2c1ccc(C(C)(C)C)cc1-c1ccccc1. The lowest BCUT2D eigenvalue weighted by Crippen LogP contribution is -2.61. The molecule has 0 bridgehead atoms. The molecule has 2 aliphatic heterocycles. The summed E-state index contributed by atoms with van der Waals surface area (Å²) in [5.41, 5.74) is 19.5. The summed E-state index contributed by atoms with van der Waals surface area (Å²) in [6.45, 7) is 29.9. The molecule has 7 aromatic rings. The van der Waals surface area contributed by atoms with Crippen LogP contribution in [-0.4, -0.2) is 6.71 Å². The fourth-order valence-corrected chi connectivity index (χ4v) is 9.26. The molecule has 0 saturated carbocycles. The van der Waals surface area contributed by atoms with Gasteiger partial charge in [0.1, 0.15) is 5.58 Å². The van der Waals surface area contributed by atoms with Gasteiger partial charge in [-0.05, 0) is 127 Å². The van der Waals surface area contributed by atoms with Crippen LogP contribution in [0.5, 0.6) is 0 Å². The van der Waals surface area contributed by atoms with Crippen molar-refractivity contribution < 1.29 is 4.42 Å². The second kappa shape index (κ2) is 13.3. The number of furan rings is 1. The van der Waals surface area contributed by atoms with E-state index in [1.54, 1.807) is 0 Å². The Kier molecular flexibility index (Phi) is 8.77. The topological polar surface area (TPSA) is 19.6 Å². The number of benzene rings is 6. The summed E-state index contributed by atoms with van der Waals surface area (Å²) in [5, 5.41) is 1.19. The third-order valence-corrected chi connectivity index (χ3v) is 12.7. The predicted molar refractivity (Wildman–Crippen MR) is 255 cm³/mol. The van der Waals surface area contributed by atoms with Crippen molar-refractivity contribution in [2.45, 2.75) is 112 Å². The number of rotatable bonds is 3. The van der Waals surface area contributed by atoms with Crippen molar-refractivity contribution in [3.63, 3.8) is 0 Å². The van der Waals surface area contributed by atoms with Crippen LogP contribution in [-0.2, 0) is 21.7 Å². The van der Waals surface area contributed by atoms with Crippen molar-refractivity contribution in [1.29, 1.82) is 0 Å². The first kappa shape index (κ1) is 39.0. The van der Waals surface area contributed by atoms with E-state index in [1.165, 1.54) is 83.5 Å². The minimum Gasteiger partial charge on any atom is -0.440 e. The molecular formula is C55H59BN2O. The van der Waals surface area contributed by atoms with Crippen LogP contribution >= 0.6 is 0 Å². The second-order valence-corrected chi connectivity index (χ2v) is 21.3. The van der Waals surface area contributed by atoms with E-state index in [0.29, 0.717) is 0 Å². The molecule has 0 saturated heterocycles. The molecule has 2 aliphatic rings. The molecule has 4 heteroatoms. The summed E-state index contributed by atoms with van der Waals surface area (Å²) in [6.07, 6.45) is 0. The molecule has 0 radical (unpaired) electrons. The molecule has 0 unspecified atom stereocenters. The third-order valence-electron chi connectivity index (χ3n) is 12.7. The number of hydrogen-bond donors (Lipinski definition) is 0. The van der Waals surface area contributed by atoms with Crippen molar-refractivity contribution in [1.82, 2.24) is 0 Å². The first-order chi connectivity index (χ1) is 27.7. The van der Waals surface area contributed by atoms with E-state index in [0.717, 1.165) is 17.2 Å². The highest BCUT2D eigenvalue weighted by Crippen LogP contribution is 2.49. The zero-order chi connectivity index (χ0) is 42.0. The highest BCUT2D eigenvalue weighted by atomic mass is 16.4. The molecule has 0 amide bonds. The fraction of sp³-hybridized carbons (Fsp3) is 0.309. The van der Waals surface area contributed by atoms with Gasteiger partial charge in [-0.15, -0.1) is 0 Å². The maximum absolute atomic E-state index is 7.17. The molecule has 3 heterocycles. The summed E-state index contributed by atoms with van der Waals surface area (Å²) in [6, 6.07) is 46.2. The van der Waals surface area contributed by atoms with Gasteiger partial charge in [0.05, 0.1) is 5.69 Å². The van der Waals surface area contributed by atoms with Crippen molar-refractivity contribution in [3.8, 4) is 11.1 Å². The second-order valence-electron chi connectivity index (χ2n) is 21.3. The van der Waals surface area contributed by atoms with Gasteiger partial charge in [-0.25, -0.2) is 0 Å². The Balaban J connectivity index is 1.42. The van der Waals surface area contributed by atoms with Crippen molar-refractivity contribution >= 4 is 68.4 Å². The lowest BCUT2D eigenvalue weighted by atomic mass is 9.33. The average Bonchev–Trinajstić information content (AvgIpc) is 3.55.